The first-order chi connectivity index (χ1) is 9.09. The number of hydrogen-bond acceptors (Lipinski definition) is 5. The van der Waals surface area contributed by atoms with Crippen LogP contribution in [0.3, 0.4) is 0 Å². The summed E-state index contributed by atoms with van der Waals surface area (Å²) in [6.45, 7) is 4.79. The SMILES string of the molecule is COC(=O)C(C)(c1ccc(F)cn1)N1CCNCC1. The summed E-state index contributed by atoms with van der Waals surface area (Å²) in [6, 6.07) is 2.85. The molecule has 19 heavy (non-hydrogen) atoms. The molecule has 0 saturated carbocycles. The number of carbonyl (C=O) groups is 1. The average Bonchev–Trinajstić information content (AvgIpc) is 2.47. The number of hydrogen-bond donors (Lipinski definition) is 1. The highest BCUT2D eigenvalue weighted by atomic mass is 19.1. The minimum absolute atomic E-state index is 0.381. The average molecular weight is 267 g/mol. The maximum Gasteiger partial charge on any atom is 0.332 e. The van der Waals surface area contributed by atoms with Crippen molar-refractivity contribution in [3.63, 3.8) is 0 Å². The first-order valence-electron chi connectivity index (χ1n) is 6.25. The summed E-state index contributed by atoms with van der Waals surface area (Å²) in [7, 11) is 1.35. The van der Waals surface area contributed by atoms with Gasteiger partial charge in [-0.3, -0.25) is 9.88 Å². The molecule has 1 unspecified atom stereocenters. The van der Waals surface area contributed by atoms with Crippen molar-refractivity contribution in [2.45, 2.75) is 12.5 Å². The van der Waals surface area contributed by atoms with Crippen LogP contribution in [0.5, 0.6) is 0 Å². The molecule has 0 spiro atoms. The second-order valence-electron chi connectivity index (χ2n) is 4.66. The molecule has 6 heteroatoms. The Labute approximate surface area is 111 Å². The molecule has 1 aliphatic rings. The highest BCUT2D eigenvalue weighted by molar-refractivity contribution is 5.81. The number of piperazine rings is 1. The highest BCUT2D eigenvalue weighted by Gasteiger charge is 2.44. The van der Waals surface area contributed by atoms with E-state index in [1.807, 2.05) is 4.90 Å². The fraction of sp³-hybridized carbons (Fsp3) is 0.538. The van der Waals surface area contributed by atoms with Crippen LogP contribution < -0.4 is 5.32 Å². The Morgan fingerprint density at radius 3 is 2.68 bits per heavy atom. The Bertz CT molecular complexity index is 446. The number of nitrogens with zero attached hydrogens (tertiary/aromatic N) is 2. The third-order valence-corrected chi connectivity index (χ3v) is 3.56. The van der Waals surface area contributed by atoms with Gasteiger partial charge in [-0.25, -0.2) is 9.18 Å². The van der Waals surface area contributed by atoms with Crippen LogP contribution in [-0.4, -0.2) is 49.1 Å². The first-order valence-corrected chi connectivity index (χ1v) is 6.25. The highest BCUT2D eigenvalue weighted by Crippen LogP contribution is 2.28. The molecule has 1 aromatic rings. The van der Waals surface area contributed by atoms with Crippen molar-refractivity contribution in [1.29, 1.82) is 0 Å². The smallest absolute Gasteiger partial charge is 0.332 e. The Kier molecular flexibility index (Phi) is 4.11. The molecule has 5 nitrogen and oxygen atoms in total. The number of halogens is 1. The summed E-state index contributed by atoms with van der Waals surface area (Å²) in [5.74, 6) is -0.801. The minimum Gasteiger partial charge on any atom is -0.467 e. The summed E-state index contributed by atoms with van der Waals surface area (Å²) in [6.07, 6.45) is 1.12. The van der Waals surface area contributed by atoms with Gasteiger partial charge in [0.15, 0.2) is 5.54 Å². The summed E-state index contributed by atoms with van der Waals surface area (Å²) in [5.41, 5.74) is -0.479. The number of aromatic nitrogens is 1. The van der Waals surface area contributed by atoms with Gasteiger partial charge in [-0.2, -0.15) is 0 Å². The van der Waals surface area contributed by atoms with E-state index in [0.29, 0.717) is 18.8 Å². The quantitative estimate of drug-likeness (QED) is 0.809. The lowest BCUT2D eigenvalue weighted by Gasteiger charge is -2.40. The molecule has 1 aliphatic heterocycles. The summed E-state index contributed by atoms with van der Waals surface area (Å²) >= 11 is 0. The molecule has 104 valence electrons. The van der Waals surface area contributed by atoms with Crippen LogP contribution in [0.25, 0.3) is 0 Å². The van der Waals surface area contributed by atoms with Crippen LogP contribution in [0.15, 0.2) is 18.3 Å². The molecule has 2 rings (SSSR count). The number of nitrogens with one attached hydrogen (secondary N) is 1. The molecular weight excluding hydrogens is 249 g/mol. The van der Waals surface area contributed by atoms with E-state index >= 15 is 0 Å². The van der Waals surface area contributed by atoms with Crippen molar-refractivity contribution in [2.75, 3.05) is 33.3 Å². The molecule has 1 atom stereocenters. The predicted octanol–water partition coefficient (Wildman–Crippen LogP) is 0.514. The monoisotopic (exact) mass is 267 g/mol. The molecule has 1 aromatic heterocycles. The molecule has 0 radical (unpaired) electrons. The van der Waals surface area contributed by atoms with Crippen molar-refractivity contribution in [3.05, 3.63) is 29.8 Å². The number of carbonyl (C=O) groups excluding carboxylic acids is 1. The zero-order chi connectivity index (χ0) is 13.9. The molecule has 0 bridgehead atoms. The van der Waals surface area contributed by atoms with Gasteiger partial charge in [-0.1, -0.05) is 0 Å². The summed E-state index contributed by atoms with van der Waals surface area (Å²) < 4.78 is 17.9. The molecule has 1 fully saturated rings. The van der Waals surface area contributed by atoms with E-state index in [1.165, 1.54) is 19.2 Å². The Hall–Kier alpha value is -1.53. The summed E-state index contributed by atoms with van der Waals surface area (Å²) in [4.78, 5) is 18.3. The van der Waals surface area contributed by atoms with Crippen molar-refractivity contribution in [2.24, 2.45) is 0 Å². The maximum absolute atomic E-state index is 13.0. The van der Waals surface area contributed by atoms with E-state index in [0.717, 1.165) is 19.3 Å². The predicted molar refractivity (Wildman–Crippen MR) is 68.0 cm³/mol. The molecule has 0 amide bonds. The Morgan fingerprint density at radius 2 is 2.16 bits per heavy atom. The van der Waals surface area contributed by atoms with Gasteiger partial charge < -0.3 is 10.1 Å². The third kappa shape index (κ3) is 2.59. The summed E-state index contributed by atoms with van der Waals surface area (Å²) in [5, 5.41) is 3.23. The molecular formula is C13H18FN3O2. The number of pyridine rings is 1. The molecule has 0 aromatic carbocycles. The van der Waals surface area contributed by atoms with E-state index in [-0.39, 0.29) is 5.97 Å². The second-order valence-corrected chi connectivity index (χ2v) is 4.66. The van der Waals surface area contributed by atoms with Crippen LogP contribution in [0.4, 0.5) is 4.39 Å². The van der Waals surface area contributed by atoms with Crippen molar-refractivity contribution >= 4 is 5.97 Å². The number of ether oxygens (including phenoxy) is 1. The fourth-order valence-electron chi connectivity index (χ4n) is 2.37. The van der Waals surface area contributed by atoms with Crippen LogP contribution in [0.2, 0.25) is 0 Å². The van der Waals surface area contributed by atoms with Gasteiger partial charge in [-0.05, 0) is 19.1 Å². The van der Waals surface area contributed by atoms with Crippen LogP contribution in [-0.2, 0) is 15.1 Å². The minimum atomic E-state index is -0.982. The third-order valence-electron chi connectivity index (χ3n) is 3.56. The number of esters is 1. The molecule has 0 aliphatic carbocycles. The normalized spacial score (nSPS) is 19.7. The molecule has 1 saturated heterocycles. The number of methoxy groups -OCH3 is 1. The van der Waals surface area contributed by atoms with E-state index in [9.17, 15) is 9.18 Å². The van der Waals surface area contributed by atoms with E-state index in [1.54, 1.807) is 6.92 Å². The van der Waals surface area contributed by atoms with E-state index in [4.69, 9.17) is 4.74 Å². The largest absolute Gasteiger partial charge is 0.467 e. The maximum atomic E-state index is 13.0. The van der Waals surface area contributed by atoms with Gasteiger partial charge in [0.1, 0.15) is 5.82 Å². The van der Waals surface area contributed by atoms with Crippen molar-refractivity contribution in [1.82, 2.24) is 15.2 Å². The van der Waals surface area contributed by atoms with Crippen LogP contribution >= 0.6 is 0 Å². The van der Waals surface area contributed by atoms with E-state index in [2.05, 4.69) is 10.3 Å². The van der Waals surface area contributed by atoms with Gasteiger partial charge in [0.2, 0.25) is 0 Å². The van der Waals surface area contributed by atoms with Gasteiger partial charge in [0.25, 0.3) is 0 Å². The van der Waals surface area contributed by atoms with Gasteiger partial charge in [0.05, 0.1) is 19.0 Å². The topological polar surface area (TPSA) is 54.5 Å². The number of rotatable bonds is 3. The van der Waals surface area contributed by atoms with Gasteiger partial charge in [-0.15, -0.1) is 0 Å². The van der Waals surface area contributed by atoms with Crippen molar-refractivity contribution in [3.8, 4) is 0 Å². The first kappa shape index (κ1) is 13.9. The Balaban J connectivity index is 2.38. The lowest BCUT2D eigenvalue weighted by molar-refractivity contribution is -0.156. The second kappa shape index (κ2) is 5.63. The zero-order valence-electron chi connectivity index (χ0n) is 11.1. The Morgan fingerprint density at radius 1 is 1.47 bits per heavy atom. The molecule has 1 N–H and O–H groups in total. The standard InChI is InChI=1S/C13H18FN3O2/c1-13(12(18)19-2,17-7-5-15-6-8-17)11-4-3-10(14)9-16-11/h3-4,9,15H,5-8H2,1-2H3. The lowest BCUT2D eigenvalue weighted by atomic mass is 9.93. The van der Waals surface area contributed by atoms with Crippen molar-refractivity contribution < 1.29 is 13.9 Å². The van der Waals surface area contributed by atoms with Gasteiger partial charge in [0, 0.05) is 26.2 Å². The fourth-order valence-corrected chi connectivity index (χ4v) is 2.37. The zero-order valence-corrected chi connectivity index (χ0v) is 11.1. The van der Waals surface area contributed by atoms with Crippen LogP contribution in [0, 0.1) is 5.82 Å². The van der Waals surface area contributed by atoms with Gasteiger partial charge >= 0.3 is 5.97 Å². The van der Waals surface area contributed by atoms with E-state index < -0.39 is 11.4 Å². The lowest BCUT2D eigenvalue weighted by Crippen LogP contribution is -2.57. The molecule has 2 heterocycles. The van der Waals surface area contributed by atoms with Crippen LogP contribution in [0.1, 0.15) is 12.6 Å².